The van der Waals surface area contributed by atoms with Crippen LogP contribution >= 0.6 is 0 Å². The van der Waals surface area contributed by atoms with Crippen molar-refractivity contribution in [2.45, 2.75) is 76.1 Å². The predicted octanol–water partition coefficient (Wildman–Crippen LogP) is 4.20. The van der Waals surface area contributed by atoms with E-state index in [9.17, 15) is 23.3 Å². The van der Waals surface area contributed by atoms with E-state index in [2.05, 4.69) is 23.0 Å². The number of ether oxygens (including phenoxy) is 3. The summed E-state index contributed by atoms with van der Waals surface area (Å²) in [5.74, 6) is -1.46. The minimum atomic E-state index is -4.22. The fraction of sp³-hybridized carbons (Fsp3) is 0.621. The van der Waals surface area contributed by atoms with Crippen LogP contribution in [0.3, 0.4) is 0 Å². The molecule has 11 nitrogen and oxygen atoms in total. The van der Waals surface area contributed by atoms with Crippen molar-refractivity contribution in [3.63, 3.8) is 0 Å². The monoisotopic (exact) mass is 591 g/mol. The Labute approximate surface area is 241 Å². The second kappa shape index (κ2) is 12.6. The van der Waals surface area contributed by atoms with E-state index in [1.807, 2.05) is 0 Å². The number of para-hydroxylation sites is 1. The van der Waals surface area contributed by atoms with Gasteiger partial charge in [0.25, 0.3) is 5.69 Å². The highest BCUT2D eigenvalue weighted by molar-refractivity contribution is 7.89. The Morgan fingerprint density at radius 1 is 1.29 bits per heavy atom. The number of sulfonamides is 1. The van der Waals surface area contributed by atoms with Crippen molar-refractivity contribution in [3.05, 3.63) is 57.8 Å². The molecule has 4 rings (SSSR count). The van der Waals surface area contributed by atoms with Crippen LogP contribution in [-0.2, 0) is 29.0 Å². The topological polar surface area (TPSA) is 146 Å². The Bertz CT molecular complexity index is 1300. The first-order valence-corrected chi connectivity index (χ1v) is 15.7. The number of allylic oxidation sites excluding steroid dienone is 2. The van der Waals surface area contributed by atoms with E-state index in [0.29, 0.717) is 44.2 Å². The minimum Gasteiger partial charge on any atom is -0.457 e. The maximum absolute atomic E-state index is 13.4. The smallest absolute Gasteiger partial charge is 0.333 e. The van der Waals surface area contributed by atoms with Crippen LogP contribution < -0.4 is 10.0 Å². The second-order valence-corrected chi connectivity index (χ2v) is 13.8. The van der Waals surface area contributed by atoms with Gasteiger partial charge in [-0.25, -0.2) is 17.9 Å². The Balaban J connectivity index is 1.66. The first-order valence-electron chi connectivity index (χ1n) is 14.2. The van der Waals surface area contributed by atoms with E-state index in [1.165, 1.54) is 30.3 Å². The Morgan fingerprint density at radius 2 is 2.00 bits per heavy atom. The number of nitro groups is 1. The number of hydrogen-bond acceptors (Lipinski definition) is 9. The number of carbonyl (C=O) groups is 1. The van der Waals surface area contributed by atoms with Crippen molar-refractivity contribution in [2.75, 3.05) is 26.3 Å². The third-order valence-electron chi connectivity index (χ3n) is 7.67. The Hall–Kier alpha value is -2.80. The first-order chi connectivity index (χ1) is 19.3. The molecule has 2 fully saturated rings. The van der Waals surface area contributed by atoms with Gasteiger partial charge in [0, 0.05) is 43.3 Å². The van der Waals surface area contributed by atoms with Crippen molar-refractivity contribution in [1.82, 2.24) is 10.0 Å². The molecule has 0 saturated carbocycles. The van der Waals surface area contributed by atoms with Gasteiger partial charge in [0.1, 0.15) is 5.60 Å². The van der Waals surface area contributed by atoms with E-state index in [4.69, 9.17) is 14.2 Å². The van der Waals surface area contributed by atoms with E-state index in [1.54, 1.807) is 20.8 Å². The normalized spacial score (nSPS) is 24.5. The van der Waals surface area contributed by atoms with Crippen LogP contribution in [0.4, 0.5) is 5.69 Å². The van der Waals surface area contributed by atoms with Crippen LogP contribution in [0.25, 0.3) is 0 Å². The zero-order valence-corrected chi connectivity index (χ0v) is 25.0. The lowest BCUT2D eigenvalue weighted by Gasteiger charge is -2.40. The SMILES string of the molecule is C[C@@H]1CC=C(C[C@H](CNS(=O)(=O)c2ccccc2[N+](=O)[O-])C2CCCN/C2=C\C(=O)OC(C)(C)C)C2(C1)OCCO2. The molecular weight excluding hydrogens is 550 g/mol. The zero-order valence-electron chi connectivity index (χ0n) is 24.2. The minimum absolute atomic E-state index is 0.00460. The number of nitrogens with one attached hydrogen (secondary N) is 2. The molecule has 1 aliphatic carbocycles. The fourth-order valence-corrected chi connectivity index (χ4v) is 7.15. The summed E-state index contributed by atoms with van der Waals surface area (Å²) in [6, 6.07) is 5.29. The van der Waals surface area contributed by atoms with Gasteiger partial charge in [0.2, 0.25) is 10.0 Å². The van der Waals surface area contributed by atoms with Crippen molar-refractivity contribution in [2.24, 2.45) is 17.8 Å². The molecule has 0 amide bonds. The van der Waals surface area contributed by atoms with E-state index in [0.717, 1.165) is 24.8 Å². The van der Waals surface area contributed by atoms with Crippen LogP contribution in [0.2, 0.25) is 0 Å². The predicted molar refractivity (Wildman–Crippen MR) is 152 cm³/mol. The summed E-state index contributed by atoms with van der Waals surface area (Å²) in [6.45, 7) is 9.17. The number of carbonyl (C=O) groups excluding carboxylic acids is 1. The molecule has 0 aromatic heterocycles. The number of piperidine rings is 1. The van der Waals surface area contributed by atoms with Gasteiger partial charge in [-0.3, -0.25) is 10.1 Å². The van der Waals surface area contributed by atoms with Crippen LogP contribution in [-0.4, -0.2) is 57.0 Å². The highest BCUT2D eigenvalue weighted by Gasteiger charge is 2.45. The van der Waals surface area contributed by atoms with Crippen molar-refractivity contribution < 1.29 is 32.3 Å². The molecule has 12 heteroatoms. The van der Waals surface area contributed by atoms with Crippen LogP contribution in [0.1, 0.15) is 59.8 Å². The van der Waals surface area contributed by atoms with Crippen LogP contribution in [0, 0.1) is 27.9 Å². The summed E-state index contributed by atoms with van der Waals surface area (Å²) in [6.07, 6.45) is 7.17. The molecule has 0 bridgehead atoms. The van der Waals surface area contributed by atoms with Gasteiger partial charge in [-0.1, -0.05) is 25.1 Å². The molecule has 1 aromatic rings. The Kier molecular flexibility index (Phi) is 9.57. The summed E-state index contributed by atoms with van der Waals surface area (Å²) in [5, 5.41) is 14.9. The maximum Gasteiger partial charge on any atom is 0.333 e. The van der Waals surface area contributed by atoms with Crippen molar-refractivity contribution in [3.8, 4) is 0 Å². The third-order valence-corrected chi connectivity index (χ3v) is 9.14. The highest BCUT2D eigenvalue weighted by Crippen LogP contribution is 2.44. The first kappa shape index (κ1) is 31.1. The van der Waals surface area contributed by atoms with Gasteiger partial charge < -0.3 is 19.5 Å². The molecule has 1 unspecified atom stereocenters. The molecule has 41 heavy (non-hydrogen) atoms. The second-order valence-electron chi connectivity index (χ2n) is 12.1. The summed E-state index contributed by atoms with van der Waals surface area (Å²) < 4.78 is 47.2. The molecule has 226 valence electrons. The summed E-state index contributed by atoms with van der Waals surface area (Å²) >= 11 is 0. The molecule has 3 aliphatic rings. The highest BCUT2D eigenvalue weighted by atomic mass is 32.2. The molecule has 1 aromatic carbocycles. The molecule has 2 N–H and O–H groups in total. The van der Waals surface area contributed by atoms with Crippen molar-refractivity contribution >= 4 is 21.7 Å². The van der Waals surface area contributed by atoms with Gasteiger partial charge in [-0.05, 0) is 69.9 Å². The number of nitro benzene ring substituents is 1. The fourth-order valence-electron chi connectivity index (χ4n) is 5.89. The molecule has 2 aliphatic heterocycles. The maximum atomic E-state index is 13.4. The lowest BCUT2D eigenvalue weighted by molar-refractivity contribution is -0.387. The van der Waals surface area contributed by atoms with Crippen molar-refractivity contribution in [1.29, 1.82) is 0 Å². The number of nitrogens with zero attached hydrogens (tertiary/aromatic N) is 1. The average molecular weight is 592 g/mol. The summed E-state index contributed by atoms with van der Waals surface area (Å²) in [4.78, 5) is 23.2. The van der Waals surface area contributed by atoms with Gasteiger partial charge >= 0.3 is 5.97 Å². The lowest BCUT2D eigenvalue weighted by Crippen LogP contribution is -2.42. The van der Waals surface area contributed by atoms with E-state index < -0.39 is 38.0 Å². The quantitative estimate of drug-likeness (QED) is 0.142. The van der Waals surface area contributed by atoms with Gasteiger partial charge in [0.15, 0.2) is 10.7 Å². The largest absolute Gasteiger partial charge is 0.457 e. The molecule has 3 atom stereocenters. The molecule has 2 heterocycles. The molecule has 2 saturated heterocycles. The number of benzene rings is 1. The average Bonchev–Trinajstić information content (AvgIpc) is 3.35. The molecule has 1 spiro atoms. The number of rotatable bonds is 9. The van der Waals surface area contributed by atoms with E-state index in [-0.39, 0.29) is 23.3 Å². The van der Waals surface area contributed by atoms with Gasteiger partial charge in [0.05, 0.1) is 18.1 Å². The molecular formula is C29H41N3O8S. The number of hydrogen-bond donors (Lipinski definition) is 2. The van der Waals surface area contributed by atoms with Crippen LogP contribution in [0.5, 0.6) is 0 Å². The van der Waals surface area contributed by atoms with Gasteiger partial charge in [-0.15, -0.1) is 0 Å². The lowest BCUT2D eigenvalue weighted by atomic mass is 9.75. The van der Waals surface area contributed by atoms with E-state index >= 15 is 0 Å². The zero-order chi connectivity index (χ0) is 29.8. The van der Waals surface area contributed by atoms with Gasteiger partial charge in [-0.2, -0.15) is 0 Å². The number of esters is 1. The Morgan fingerprint density at radius 3 is 2.68 bits per heavy atom. The van der Waals surface area contributed by atoms with Crippen LogP contribution in [0.15, 0.2) is 52.6 Å². The standard InChI is InChI=1S/C29H41N3O8S/c1-20-11-12-22(29(18-20)38-14-15-39-29)16-21(19-31-41(36,37)26-10-6-5-9-25(26)32(34)35)23-8-7-13-30-24(23)17-27(33)40-28(2,3)4/h5-6,9-10,12,17,20-21,23,30-31H,7-8,11,13-16,18-19H2,1-4H3/b24-17-/t20-,21-,23?/m1/s1. The summed E-state index contributed by atoms with van der Waals surface area (Å²) in [5.41, 5.74) is 0.500. The molecule has 0 radical (unpaired) electrons. The third kappa shape index (κ3) is 7.73. The summed E-state index contributed by atoms with van der Waals surface area (Å²) in [7, 11) is -4.22.